The summed E-state index contributed by atoms with van der Waals surface area (Å²) in [6, 6.07) is 6.81. The van der Waals surface area contributed by atoms with Crippen molar-refractivity contribution in [2.24, 2.45) is 0 Å². The van der Waals surface area contributed by atoms with Crippen LogP contribution in [0.1, 0.15) is 5.69 Å². The van der Waals surface area contributed by atoms with Gasteiger partial charge in [-0.3, -0.25) is 4.98 Å². The molecule has 0 radical (unpaired) electrons. The first-order valence-corrected chi connectivity index (χ1v) is 4.78. The molecule has 0 amide bonds. The standard InChI is InChI=1S/C11H5F3N2O/c12-11(13,14)10-7-5-15-8-4-2-1-3-6(8)9(7)17-16-10/h1-5H. The Labute approximate surface area is 92.8 Å². The molecule has 0 atom stereocenters. The predicted molar refractivity (Wildman–Crippen MR) is 54.3 cm³/mol. The Bertz CT molecular complexity index is 703. The van der Waals surface area contributed by atoms with Crippen molar-refractivity contribution in [2.45, 2.75) is 6.18 Å². The van der Waals surface area contributed by atoms with E-state index in [0.717, 1.165) is 6.20 Å². The molecule has 1 aromatic carbocycles. The van der Waals surface area contributed by atoms with Crippen LogP contribution in [-0.4, -0.2) is 10.1 Å². The number of halogens is 3. The van der Waals surface area contributed by atoms with Gasteiger partial charge in [-0.2, -0.15) is 13.2 Å². The molecule has 0 unspecified atom stereocenters. The van der Waals surface area contributed by atoms with Gasteiger partial charge in [-0.1, -0.05) is 17.3 Å². The topological polar surface area (TPSA) is 38.9 Å². The lowest BCUT2D eigenvalue weighted by Gasteiger charge is -2.01. The molecule has 3 rings (SSSR count). The Balaban J connectivity index is 2.43. The number of benzene rings is 1. The molecule has 86 valence electrons. The molecule has 2 aromatic heterocycles. The molecule has 0 saturated carbocycles. The van der Waals surface area contributed by atoms with Crippen LogP contribution in [-0.2, 0) is 6.18 Å². The smallest absolute Gasteiger partial charge is 0.355 e. The first-order valence-electron chi connectivity index (χ1n) is 4.78. The van der Waals surface area contributed by atoms with Crippen molar-refractivity contribution in [3.63, 3.8) is 0 Å². The normalized spacial score (nSPS) is 12.4. The van der Waals surface area contributed by atoms with Crippen molar-refractivity contribution in [3.8, 4) is 0 Å². The fourth-order valence-corrected chi connectivity index (χ4v) is 1.73. The Kier molecular flexibility index (Phi) is 1.89. The first-order chi connectivity index (χ1) is 8.07. The lowest BCUT2D eigenvalue weighted by atomic mass is 10.1. The molecule has 17 heavy (non-hydrogen) atoms. The molecule has 3 nitrogen and oxygen atoms in total. The van der Waals surface area contributed by atoms with Crippen LogP contribution in [0.2, 0.25) is 0 Å². The number of hydrogen-bond donors (Lipinski definition) is 0. The second kappa shape index (κ2) is 3.19. The van der Waals surface area contributed by atoms with Gasteiger partial charge >= 0.3 is 6.18 Å². The Morgan fingerprint density at radius 2 is 1.82 bits per heavy atom. The highest BCUT2D eigenvalue weighted by atomic mass is 19.4. The van der Waals surface area contributed by atoms with Gasteiger partial charge in [0.05, 0.1) is 10.9 Å². The summed E-state index contributed by atoms with van der Waals surface area (Å²) in [5.41, 5.74) is -0.349. The summed E-state index contributed by atoms with van der Waals surface area (Å²) in [4.78, 5) is 3.96. The van der Waals surface area contributed by atoms with Gasteiger partial charge in [0.1, 0.15) is 0 Å². The number of fused-ring (bicyclic) bond motifs is 3. The first kappa shape index (κ1) is 10.1. The number of nitrogens with zero attached hydrogens (tertiary/aromatic N) is 2. The zero-order valence-corrected chi connectivity index (χ0v) is 8.32. The van der Waals surface area contributed by atoms with E-state index in [2.05, 4.69) is 10.1 Å². The molecule has 0 bridgehead atoms. The molecule has 0 spiro atoms. The van der Waals surface area contributed by atoms with Crippen molar-refractivity contribution >= 4 is 21.9 Å². The molecule has 2 heterocycles. The Morgan fingerprint density at radius 3 is 2.59 bits per heavy atom. The highest BCUT2D eigenvalue weighted by Crippen LogP contribution is 2.35. The molecule has 0 saturated heterocycles. The number of para-hydroxylation sites is 1. The third-order valence-corrected chi connectivity index (χ3v) is 2.48. The predicted octanol–water partition coefficient (Wildman–Crippen LogP) is 3.39. The summed E-state index contributed by atoms with van der Waals surface area (Å²) < 4.78 is 42.6. The summed E-state index contributed by atoms with van der Waals surface area (Å²) in [6.07, 6.45) is -3.40. The van der Waals surface area contributed by atoms with E-state index in [9.17, 15) is 13.2 Å². The highest BCUT2D eigenvalue weighted by molar-refractivity contribution is 6.02. The van der Waals surface area contributed by atoms with E-state index in [1.165, 1.54) is 0 Å². The molecule has 0 aliphatic heterocycles. The van der Waals surface area contributed by atoms with E-state index in [4.69, 9.17) is 4.52 Å². The molecule has 3 aromatic rings. The minimum atomic E-state index is -4.53. The van der Waals surface area contributed by atoms with E-state index in [1.54, 1.807) is 24.3 Å². The van der Waals surface area contributed by atoms with E-state index in [-0.39, 0.29) is 11.0 Å². The van der Waals surface area contributed by atoms with Gasteiger partial charge in [-0.15, -0.1) is 0 Å². The number of alkyl halides is 3. The third kappa shape index (κ3) is 1.44. The average Bonchev–Trinajstić information content (AvgIpc) is 2.72. The van der Waals surface area contributed by atoms with Gasteiger partial charge in [0, 0.05) is 11.6 Å². The molecule has 0 N–H and O–H groups in total. The van der Waals surface area contributed by atoms with Gasteiger partial charge in [0.15, 0.2) is 11.3 Å². The van der Waals surface area contributed by atoms with Crippen LogP contribution in [0, 0.1) is 0 Å². The zero-order chi connectivity index (χ0) is 12.0. The molecular weight excluding hydrogens is 233 g/mol. The van der Waals surface area contributed by atoms with Crippen molar-refractivity contribution < 1.29 is 17.7 Å². The maximum absolute atomic E-state index is 12.6. The fraction of sp³-hybridized carbons (Fsp3) is 0.0909. The molecule has 0 aliphatic rings. The van der Waals surface area contributed by atoms with E-state index < -0.39 is 11.9 Å². The largest absolute Gasteiger partial charge is 0.437 e. The van der Waals surface area contributed by atoms with Crippen LogP contribution in [0.3, 0.4) is 0 Å². The summed E-state index contributed by atoms with van der Waals surface area (Å²) in [5.74, 6) is 0. The number of aromatic nitrogens is 2. The average molecular weight is 238 g/mol. The second-order valence-corrected chi connectivity index (χ2v) is 3.55. The summed E-state index contributed by atoms with van der Waals surface area (Å²) in [5, 5.41) is 3.48. The monoisotopic (exact) mass is 238 g/mol. The lowest BCUT2D eigenvalue weighted by molar-refractivity contribution is -0.141. The van der Waals surface area contributed by atoms with Gasteiger partial charge in [-0.05, 0) is 12.1 Å². The quantitative estimate of drug-likeness (QED) is 0.602. The number of hydrogen-bond acceptors (Lipinski definition) is 3. The number of pyridine rings is 1. The summed E-state index contributed by atoms with van der Waals surface area (Å²) in [7, 11) is 0. The van der Waals surface area contributed by atoms with Gasteiger partial charge in [0.25, 0.3) is 0 Å². The molecule has 0 fully saturated rings. The maximum atomic E-state index is 12.6. The summed E-state index contributed by atoms with van der Waals surface area (Å²) >= 11 is 0. The van der Waals surface area contributed by atoms with Crippen LogP contribution in [0.5, 0.6) is 0 Å². The van der Waals surface area contributed by atoms with Crippen LogP contribution < -0.4 is 0 Å². The van der Waals surface area contributed by atoms with Crippen molar-refractivity contribution in [3.05, 3.63) is 36.2 Å². The van der Waals surface area contributed by atoms with Gasteiger partial charge in [0.2, 0.25) is 0 Å². The maximum Gasteiger partial charge on any atom is 0.437 e. The van der Waals surface area contributed by atoms with Crippen molar-refractivity contribution in [1.82, 2.24) is 10.1 Å². The van der Waals surface area contributed by atoms with E-state index in [0.29, 0.717) is 10.9 Å². The number of rotatable bonds is 0. The van der Waals surface area contributed by atoms with E-state index >= 15 is 0 Å². The lowest BCUT2D eigenvalue weighted by Crippen LogP contribution is -2.05. The third-order valence-electron chi connectivity index (χ3n) is 2.48. The zero-order valence-electron chi connectivity index (χ0n) is 8.32. The van der Waals surface area contributed by atoms with E-state index in [1.807, 2.05) is 0 Å². The Morgan fingerprint density at radius 1 is 1.06 bits per heavy atom. The molecular formula is C11H5F3N2O. The fourth-order valence-electron chi connectivity index (χ4n) is 1.73. The van der Waals surface area contributed by atoms with Crippen LogP contribution >= 0.6 is 0 Å². The highest BCUT2D eigenvalue weighted by Gasteiger charge is 2.37. The van der Waals surface area contributed by atoms with Gasteiger partial charge in [-0.25, -0.2) is 0 Å². The summed E-state index contributed by atoms with van der Waals surface area (Å²) in [6.45, 7) is 0. The second-order valence-electron chi connectivity index (χ2n) is 3.55. The minimum Gasteiger partial charge on any atom is -0.355 e. The van der Waals surface area contributed by atoms with Crippen molar-refractivity contribution in [1.29, 1.82) is 0 Å². The van der Waals surface area contributed by atoms with Crippen LogP contribution in [0.25, 0.3) is 21.9 Å². The van der Waals surface area contributed by atoms with Crippen LogP contribution in [0.4, 0.5) is 13.2 Å². The molecule has 0 aliphatic carbocycles. The van der Waals surface area contributed by atoms with Crippen LogP contribution in [0.15, 0.2) is 35.0 Å². The van der Waals surface area contributed by atoms with Crippen molar-refractivity contribution in [2.75, 3.05) is 0 Å². The van der Waals surface area contributed by atoms with Gasteiger partial charge < -0.3 is 4.52 Å². The SMILES string of the molecule is FC(F)(F)c1noc2c1cnc1ccccc12. The minimum absolute atomic E-state index is 0.114. The molecule has 6 heteroatoms. The Hall–Kier alpha value is -2.11.